The number of phenols is 2. The van der Waals surface area contributed by atoms with Gasteiger partial charge in [-0.2, -0.15) is 0 Å². The van der Waals surface area contributed by atoms with Crippen molar-refractivity contribution in [2.45, 2.75) is 48.7 Å². The Labute approximate surface area is 222 Å². The average molecular weight is 551 g/mol. The molecule has 4 rings (SSSR count). The molecule has 2 fully saturated rings. The molecular formula is C26H30O13. The minimum absolute atomic E-state index is 0.0115. The monoisotopic (exact) mass is 550 g/mol. The van der Waals surface area contributed by atoms with Gasteiger partial charge in [0.25, 0.3) is 0 Å². The van der Waals surface area contributed by atoms with Crippen LogP contribution >= 0.6 is 0 Å². The second kappa shape index (κ2) is 12.0. The molecule has 8 atom stereocenters. The fourth-order valence-electron chi connectivity index (χ4n) is 4.14. The van der Waals surface area contributed by atoms with Crippen molar-refractivity contribution in [3.8, 4) is 17.2 Å². The molecule has 2 aliphatic rings. The molecule has 0 saturated carbocycles. The molecule has 13 nitrogen and oxygen atoms in total. The van der Waals surface area contributed by atoms with Crippen molar-refractivity contribution in [1.82, 2.24) is 0 Å². The van der Waals surface area contributed by atoms with Gasteiger partial charge in [0.1, 0.15) is 47.3 Å². The van der Waals surface area contributed by atoms with Crippen LogP contribution in [0.15, 0.2) is 48.5 Å². The highest BCUT2D eigenvalue weighted by molar-refractivity contribution is 6.08. The number of rotatable bonds is 9. The van der Waals surface area contributed by atoms with Crippen LogP contribution in [0.2, 0.25) is 0 Å². The minimum atomic E-state index is -1.99. The maximum atomic E-state index is 12.4. The first-order chi connectivity index (χ1) is 18.6. The molecule has 0 aliphatic carbocycles. The number of hydrogen-bond acceptors (Lipinski definition) is 13. The molecular weight excluding hydrogens is 520 g/mol. The number of ketones is 1. The van der Waals surface area contributed by atoms with Gasteiger partial charge in [-0.3, -0.25) is 4.79 Å². The summed E-state index contributed by atoms with van der Waals surface area (Å²) in [6.45, 7) is -1.91. The Morgan fingerprint density at radius 2 is 1.74 bits per heavy atom. The highest BCUT2D eigenvalue weighted by Crippen LogP contribution is 2.32. The Hall–Kier alpha value is -3.11. The first-order valence-electron chi connectivity index (χ1n) is 12.0. The van der Waals surface area contributed by atoms with Gasteiger partial charge in [-0.15, -0.1) is 0 Å². The molecule has 0 amide bonds. The lowest BCUT2D eigenvalue weighted by Gasteiger charge is -2.42. The number of aliphatic hydroxyl groups excluding tert-OH is 5. The van der Waals surface area contributed by atoms with Crippen molar-refractivity contribution in [2.75, 3.05) is 19.8 Å². The molecule has 2 aromatic carbocycles. The summed E-state index contributed by atoms with van der Waals surface area (Å²) in [7, 11) is 0. The van der Waals surface area contributed by atoms with Crippen LogP contribution in [0.3, 0.4) is 0 Å². The molecule has 2 saturated heterocycles. The summed E-state index contributed by atoms with van der Waals surface area (Å²) in [5, 5.41) is 79.6. The van der Waals surface area contributed by atoms with Gasteiger partial charge in [0.05, 0.1) is 25.4 Å². The van der Waals surface area contributed by atoms with Crippen LogP contribution in [0, 0.1) is 0 Å². The van der Waals surface area contributed by atoms with Crippen LogP contribution in [0.4, 0.5) is 0 Å². The van der Waals surface area contributed by atoms with E-state index >= 15 is 0 Å². The predicted octanol–water partition coefficient (Wildman–Crippen LogP) is -1.36. The SMILES string of the molecule is O=C(C=Cc1ccc(O[C@@H]2O[C@@H](CO)[C@H](O)[C@@H](O)[C@@H]2O[C@H]2OC[C@](O)(CO)[C@H]2O)cc1)c1ccc(O)cc1O. The molecule has 2 aromatic rings. The number of phenolic OH excluding ortho intramolecular Hbond substituents is 2. The van der Waals surface area contributed by atoms with Gasteiger partial charge in [-0.1, -0.05) is 18.2 Å². The van der Waals surface area contributed by atoms with Gasteiger partial charge >= 0.3 is 0 Å². The topological polar surface area (TPSA) is 216 Å². The quantitative estimate of drug-likeness (QED) is 0.134. The fraction of sp³-hybridized carbons (Fsp3) is 0.423. The van der Waals surface area contributed by atoms with E-state index in [1.54, 1.807) is 12.1 Å². The van der Waals surface area contributed by atoms with Crippen molar-refractivity contribution in [2.24, 2.45) is 0 Å². The van der Waals surface area contributed by atoms with Gasteiger partial charge < -0.3 is 59.8 Å². The molecule has 0 spiro atoms. The predicted molar refractivity (Wildman–Crippen MR) is 131 cm³/mol. The van der Waals surface area contributed by atoms with Gasteiger partial charge in [-0.05, 0) is 35.9 Å². The summed E-state index contributed by atoms with van der Waals surface area (Å²) in [6, 6.07) is 9.84. The van der Waals surface area contributed by atoms with E-state index < -0.39 is 74.3 Å². The van der Waals surface area contributed by atoms with E-state index in [9.17, 15) is 45.6 Å². The van der Waals surface area contributed by atoms with Gasteiger partial charge in [0, 0.05) is 6.07 Å². The molecule has 212 valence electrons. The number of hydrogen-bond donors (Lipinski definition) is 8. The Kier molecular flexibility index (Phi) is 8.86. The van der Waals surface area contributed by atoms with Crippen LogP contribution in [-0.4, -0.2) is 115 Å². The molecule has 0 aromatic heterocycles. The first kappa shape index (κ1) is 28.9. The van der Waals surface area contributed by atoms with Gasteiger partial charge in [0.15, 0.2) is 18.2 Å². The zero-order valence-corrected chi connectivity index (χ0v) is 20.5. The van der Waals surface area contributed by atoms with E-state index in [-0.39, 0.29) is 22.8 Å². The molecule has 2 heterocycles. The lowest BCUT2D eigenvalue weighted by Crippen LogP contribution is -2.62. The molecule has 0 radical (unpaired) electrons. The molecule has 13 heteroatoms. The second-order valence-electron chi connectivity index (χ2n) is 9.28. The number of aromatic hydroxyl groups is 2. The fourth-order valence-corrected chi connectivity index (χ4v) is 4.14. The van der Waals surface area contributed by atoms with Crippen molar-refractivity contribution in [3.05, 3.63) is 59.7 Å². The van der Waals surface area contributed by atoms with Crippen LogP contribution in [0.5, 0.6) is 17.2 Å². The smallest absolute Gasteiger partial charge is 0.229 e. The van der Waals surface area contributed by atoms with E-state index in [2.05, 4.69) is 0 Å². The van der Waals surface area contributed by atoms with E-state index in [4.69, 9.17) is 18.9 Å². The number of carbonyl (C=O) groups is 1. The molecule has 2 aliphatic heterocycles. The van der Waals surface area contributed by atoms with E-state index in [0.717, 1.165) is 6.07 Å². The number of benzene rings is 2. The molecule has 0 unspecified atom stereocenters. The first-order valence-corrected chi connectivity index (χ1v) is 12.0. The van der Waals surface area contributed by atoms with Crippen molar-refractivity contribution in [1.29, 1.82) is 0 Å². The molecule has 8 N–H and O–H groups in total. The summed E-state index contributed by atoms with van der Waals surface area (Å²) < 4.78 is 22.2. The number of carbonyl (C=O) groups excluding carboxylic acids is 1. The Morgan fingerprint density at radius 3 is 2.36 bits per heavy atom. The highest BCUT2D eigenvalue weighted by Gasteiger charge is 2.53. The summed E-state index contributed by atoms with van der Waals surface area (Å²) in [6.07, 6.45) is -7.74. The molecule has 39 heavy (non-hydrogen) atoms. The zero-order valence-electron chi connectivity index (χ0n) is 20.5. The Balaban J connectivity index is 1.46. The third-order valence-corrected chi connectivity index (χ3v) is 6.50. The maximum Gasteiger partial charge on any atom is 0.229 e. The van der Waals surface area contributed by atoms with Crippen LogP contribution in [-0.2, 0) is 14.2 Å². The lowest BCUT2D eigenvalue weighted by molar-refractivity contribution is -0.318. The summed E-state index contributed by atoms with van der Waals surface area (Å²) in [5.41, 5.74) is -1.39. The largest absolute Gasteiger partial charge is 0.508 e. The summed E-state index contributed by atoms with van der Waals surface area (Å²) >= 11 is 0. The van der Waals surface area contributed by atoms with E-state index in [0.29, 0.717) is 5.56 Å². The van der Waals surface area contributed by atoms with Crippen LogP contribution in [0.25, 0.3) is 6.08 Å². The summed E-state index contributed by atoms with van der Waals surface area (Å²) in [4.78, 5) is 12.4. The van der Waals surface area contributed by atoms with Crippen molar-refractivity contribution >= 4 is 11.9 Å². The number of aliphatic hydroxyl groups is 6. The van der Waals surface area contributed by atoms with Gasteiger partial charge in [-0.25, -0.2) is 0 Å². The minimum Gasteiger partial charge on any atom is -0.508 e. The Bertz CT molecular complexity index is 1170. The summed E-state index contributed by atoms with van der Waals surface area (Å²) in [5.74, 6) is -0.810. The van der Waals surface area contributed by atoms with E-state index in [1.807, 2.05) is 0 Å². The maximum absolute atomic E-state index is 12.4. The number of allylic oxidation sites excluding steroid dienone is 1. The third-order valence-electron chi connectivity index (χ3n) is 6.50. The van der Waals surface area contributed by atoms with E-state index in [1.165, 1.54) is 36.4 Å². The number of ether oxygens (including phenoxy) is 4. The molecule has 0 bridgehead atoms. The third kappa shape index (κ3) is 6.22. The van der Waals surface area contributed by atoms with Crippen LogP contribution in [0.1, 0.15) is 15.9 Å². The standard InChI is InChI=1S/C26H30O13/c27-10-19-20(32)21(33)22(39-25-23(34)26(35,11-28)12-36-25)24(38-19)37-15-5-1-13(2-6-15)3-8-17(30)16-7-4-14(29)9-18(16)31/h1-9,19-25,27-29,31-35H,10-12H2/t19-,20-,21+,22-,23-,24+,25+,26+/m0/s1. The lowest BCUT2D eigenvalue weighted by atomic mass is 9.98. The van der Waals surface area contributed by atoms with Crippen molar-refractivity contribution < 1.29 is 64.6 Å². The Morgan fingerprint density at radius 1 is 1.03 bits per heavy atom. The zero-order chi connectivity index (χ0) is 28.3. The average Bonchev–Trinajstić information content (AvgIpc) is 3.21. The second-order valence-corrected chi connectivity index (χ2v) is 9.28. The highest BCUT2D eigenvalue weighted by atomic mass is 16.8. The van der Waals surface area contributed by atoms with Crippen LogP contribution < -0.4 is 4.74 Å². The van der Waals surface area contributed by atoms with Crippen molar-refractivity contribution in [3.63, 3.8) is 0 Å². The normalized spacial score (nSPS) is 32.9. The van der Waals surface area contributed by atoms with Gasteiger partial charge in [0.2, 0.25) is 6.29 Å².